The van der Waals surface area contributed by atoms with Crippen molar-refractivity contribution in [3.05, 3.63) is 145 Å². The van der Waals surface area contributed by atoms with Gasteiger partial charge in [0.1, 0.15) is 11.5 Å². The topological polar surface area (TPSA) is 18.1 Å². The Bertz CT molecular complexity index is 2030. The van der Waals surface area contributed by atoms with Gasteiger partial charge in [0.2, 0.25) is 0 Å². The Labute approximate surface area is 233 Å². The molecule has 0 saturated heterocycles. The van der Waals surface area contributed by atoms with Crippen LogP contribution in [0.5, 0.6) is 0 Å². The van der Waals surface area contributed by atoms with Crippen LogP contribution >= 0.6 is 0 Å². The lowest BCUT2D eigenvalue weighted by atomic mass is 9.90. The first-order valence-electron chi connectivity index (χ1n) is 13.8. The molecule has 0 unspecified atom stereocenters. The van der Waals surface area contributed by atoms with Gasteiger partial charge in [-0.1, -0.05) is 97.1 Å². The molecule has 0 aliphatic heterocycles. The number of fused-ring (bicyclic) bond motifs is 4. The summed E-state index contributed by atoms with van der Waals surface area (Å²) in [5, 5.41) is 2.43. The summed E-state index contributed by atoms with van der Waals surface area (Å²) in [6.45, 7) is 0. The van der Waals surface area contributed by atoms with Crippen LogP contribution in [0.3, 0.4) is 0 Å². The maximum Gasteiger partial charge on any atom is 0.142 e. The molecule has 5 aromatic carbocycles. The second kappa shape index (κ2) is 9.19. The minimum Gasteiger partial charge on any atom is -0.455 e. The number of furan rings is 1. The summed E-state index contributed by atoms with van der Waals surface area (Å²) in [7, 11) is 0. The first-order chi connectivity index (χ1) is 19.9. The van der Waals surface area contributed by atoms with E-state index in [0.29, 0.717) is 0 Å². The van der Waals surface area contributed by atoms with E-state index >= 15 is 0 Å². The molecule has 0 radical (unpaired) electrons. The fourth-order valence-electron chi connectivity index (χ4n) is 6.14. The summed E-state index contributed by atoms with van der Waals surface area (Å²) in [5.74, 6) is 1.88. The van der Waals surface area contributed by atoms with Crippen LogP contribution in [0, 0.1) is 12.1 Å². The number of hydrogen-bond acceptors (Lipinski definition) is 1. The molecule has 40 heavy (non-hydrogen) atoms. The second-order valence-electron chi connectivity index (χ2n) is 10.3. The Morgan fingerprint density at radius 3 is 2.30 bits per heavy atom. The van der Waals surface area contributed by atoms with Gasteiger partial charge in [-0.2, -0.15) is 0 Å². The van der Waals surface area contributed by atoms with Gasteiger partial charge in [-0.25, -0.2) is 0 Å². The molecule has 2 heterocycles. The van der Waals surface area contributed by atoms with Crippen molar-refractivity contribution in [1.29, 1.82) is 0 Å². The van der Waals surface area contributed by atoms with Gasteiger partial charge in [-0.05, 0) is 55.3 Å². The van der Waals surface area contributed by atoms with Crippen molar-refractivity contribution in [2.75, 3.05) is 0 Å². The van der Waals surface area contributed by atoms with Crippen LogP contribution in [-0.4, -0.2) is 4.57 Å². The normalized spacial score (nSPS) is 12.5. The maximum absolute atomic E-state index is 6.87. The number of hydrogen-bond donors (Lipinski definition) is 0. The highest BCUT2D eigenvalue weighted by atomic mass is 16.3. The molecule has 2 heteroatoms. The molecule has 1 aliphatic carbocycles. The minimum atomic E-state index is 0.933. The lowest BCUT2D eigenvalue weighted by Crippen LogP contribution is -1.96. The van der Waals surface area contributed by atoms with Gasteiger partial charge in [0, 0.05) is 49.8 Å². The Kier molecular flexibility index (Phi) is 5.21. The first-order valence-corrected chi connectivity index (χ1v) is 13.8. The van der Waals surface area contributed by atoms with Gasteiger partial charge in [0.25, 0.3) is 0 Å². The molecule has 2 aromatic heterocycles. The molecule has 0 bridgehead atoms. The van der Waals surface area contributed by atoms with Crippen LogP contribution in [0.2, 0.25) is 0 Å². The smallest absolute Gasteiger partial charge is 0.142 e. The highest BCUT2D eigenvalue weighted by molar-refractivity contribution is 6.12. The summed E-state index contributed by atoms with van der Waals surface area (Å²) in [6, 6.07) is 47.0. The first kappa shape index (κ1) is 22.7. The number of benzene rings is 4. The van der Waals surface area contributed by atoms with Gasteiger partial charge < -0.3 is 8.98 Å². The van der Waals surface area contributed by atoms with E-state index in [1.54, 1.807) is 0 Å². The quantitative estimate of drug-likeness (QED) is 0.230. The van der Waals surface area contributed by atoms with Crippen LogP contribution in [0.15, 0.2) is 126 Å². The van der Waals surface area contributed by atoms with Crippen molar-refractivity contribution in [3.63, 3.8) is 0 Å². The molecule has 0 atom stereocenters. The summed E-state index contributed by atoms with van der Waals surface area (Å²) in [4.78, 5) is 0. The van der Waals surface area contributed by atoms with Crippen molar-refractivity contribution >= 4 is 27.9 Å². The van der Waals surface area contributed by atoms with Crippen molar-refractivity contribution in [2.45, 2.75) is 12.8 Å². The molecule has 0 amide bonds. The third-order valence-electron chi connectivity index (χ3n) is 7.94. The van der Waals surface area contributed by atoms with E-state index < -0.39 is 0 Å². The SMILES string of the molecule is c1cccc(-c2cc3c(cc2-c2oc(-c4ccccc4)c4c2CCC=C4)c2ccccc2n3-c2ccccc2)c#1. The Morgan fingerprint density at radius 2 is 1.48 bits per heavy atom. The molecule has 0 spiro atoms. The maximum atomic E-state index is 6.87. The van der Waals surface area contributed by atoms with Crippen LogP contribution in [0.1, 0.15) is 17.5 Å². The average molecular weight is 512 g/mol. The molecule has 2 nitrogen and oxygen atoms in total. The van der Waals surface area contributed by atoms with Crippen molar-refractivity contribution in [1.82, 2.24) is 4.57 Å². The van der Waals surface area contributed by atoms with E-state index in [4.69, 9.17) is 4.42 Å². The zero-order chi connectivity index (χ0) is 26.5. The molecule has 188 valence electrons. The summed E-state index contributed by atoms with van der Waals surface area (Å²) >= 11 is 0. The zero-order valence-electron chi connectivity index (χ0n) is 21.9. The van der Waals surface area contributed by atoms with E-state index in [1.165, 1.54) is 27.4 Å². The van der Waals surface area contributed by atoms with E-state index in [2.05, 4.69) is 126 Å². The fourth-order valence-corrected chi connectivity index (χ4v) is 6.14. The lowest BCUT2D eigenvalue weighted by Gasteiger charge is -2.13. The Balaban J connectivity index is 1.48. The van der Waals surface area contributed by atoms with Crippen molar-refractivity contribution in [3.8, 4) is 39.5 Å². The molecular weight excluding hydrogens is 486 g/mol. The third-order valence-corrected chi connectivity index (χ3v) is 7.94. The summed E-state index contributed by atoms with van der Waals surface area (Å²) < 4.78 is 9.23. The average Bonchev–Trinajstić information content (AvgIpc) is 3.58. The van der Waals surface area contributed by atoms with Gasteiger partial charge in [0.05, 0.1) is 11.0 Å². The van der Waals surface area contributed by atoms with Gasteiger partial charge >= 0.3 is 0 Å². The standard InChI is InChI=1S/C38H25NO/c1-4-14-26(15-5-1)32-25-36-33(29-20-12-13-23-35(29)39(36)28-18-8-3-9-19-28)24-34(32)38-31-22-11-10-21-30(31)37(40-38)27-16-6-2-7-17-27/h1-4,6-10,12-14,16-21,23-25H,11,22H2. The molecule has 8 rings (SSSR count). The van der Waals surface area contributed by atoms with Gasteiger partial charge in [-0.3, -0.25) is 0 Å². The second-order valence-corrected chi connectivity index (χ2v) is 10.3. The predicted octanol–water partition coefficient (Wildman–Crippen LogP) is 9.94. The number of rotatable bonds is 4. The lowest BCUT2D eigenvalue weighted by molar-refractivity contribution is 0.594. The Hall–Kier alpha value is -5.26. The van der Waals surface area contributed by atoms with Crippen LogP contribution in [0.4, 0.5) is 0 Å². The molecule has 0 fully saturated rings. The molecule has 7 aromatic rings. The fraction of sp³-hybridized carbons (Fsp3) is 0.0526. The predicted molar refractivity (Wildman–Crippen MR) is 164 cm³/mol. The van der Waals surface area contributed by atoms with Gasteiger partial charge in [0.15, 0.2) is 0 Å². The Morgan fingerprint density at radius 1 is 0.675 bits per heavy atom. The highest BCUT2D eigenvalue weighted by Gasteiger charge is 2.26. The highest BCUT2D eigenvalue weighted by Crippen LogP contribution is 2.46. The number of allylic oxidation sites excluding steroid dienone is 1. The summed E-state index contributed by atoms with van der Waals surface area (Å²) in [6.07, 6.45) is 6.44. The van der Waals surface area contributed by atoms with Crippen LogP contribution < -0.4 is 0 Å². The number of nitrogens with zero attached hydrogens (tertiary/aromatic N) is 1. The molecule has 0 saturated carbocycles. The van der Waals surface area contributed by atoms with Crippen LogP contribution in [-0.2, 0) is 6.42 Å². The van der Waals surface area contributed by atoms with Crippen molar-refractivity contribution < 1.29 is 4.42 Å². The van der Waals surface area contributed by atoms with Gasteiger partial charge in [-0.15, -0.1) is 0 Å². The van der Waals surface area contributed by atoms with E-state index in [0.717, 1.165) is 57.8 Å². The summed E-state index contributed by atoms with van der Waals surface area (Å²) in [5.41, 5.74) is 10.2. The zero-order valence-corrected chi connectivity index (χ0v) is 21.9. The molecule has 0 N–H and O–H groups in total. The number of aromatic nitrogens is 1. The third kappa shape index (κ3) is 3.52. The molecular formula is C38H25NO. The van der Waals surface area contributed by atoms with E-state index in [-0.39, 0.29) is 0 Å². The minimum absolute atomic E-state index is 0.933. The van der Waals surface area contributed by atoms with Crippen LogP contribution in [0.25, 0.3) is 67.3 Å². The molecule has 1 aliphatic rings. The number of para-hydroxylation sites is 2. The monoisotopic (exact) mass is 511 g/mol. The van der Waals surface area contributed by atoms with Crippen molar-refractivity contribution in [2.24, 2.45) is 0 Å². The van der Waals surface area contributed by atoms with E-state index in [9.17, 15) is 0 Å². The van der Waals surface area contributed by atoms with E-state index in [1.807, 2.05) is 18.2 Å². The largest absolute Gasteiger partial charge is 0.455 e.